The van der Waals surface area contributed by atoms with Crippen LogP contribution >= 0.6 is 0 Å². The molecule has 7 nitrogen and oxygen atoms in total. The van der Waals surface area contributed by atoms with Crippen LogP contribution in [0.4, 0.5) is 0 Å². The molecule has 0 saturated carbocycles. The fraction of sp³-hybridized carbons (Fsp3) is 0.296. The van der Waals surface area contributed by atoms with Gasteiger partial charge in [-0.05, 0) is 37.0 Å². The van der Waals surface area contributed by atoms with Crippen LogP contribution in [0, 0.1) is 0 Å². The maximum absolute atomic E-state index is 13.4. The molecule has 0 bridgehead atoms. The molecule has 0 amide bonds. The molecule has 0 radical (unpaired) electrons. The van der Waals surface area contributed by atoms with Gasteiger partial charge in [0.05, 0.1) is 11.4 Å². The molecule has 7 heteroatoms. The monoisotopic (exact) mass is 455 g/mol. The Morgan fingerprint density at radius 2 is 1.59 bits per heavy atom. The van der Waals surface area contributed by atoms with Gasteiger partial charge >= 0.3 is 5.69 Å². The molecule has 5 aromatic rings. The molecule has 0 spiro atoms. The van der Waals surface area contributed by atoms with Gasteiger partial charge in [-0.1, -0.05) is 62.7 Å². The van der Waals surface area contributed by atoms with Crippen LogP contribution in [-0.4, -0.2) is 23.1 Å². The van der Waals surface area contributed by atoms with E-state index >= 15 is 0 Å². The van der Waals surface area contributed by atoms with E-state index in [9.17, 15) is 9.59 Å². The molecular formula is C27H29N5O2. The first-order valence-electron chi connectivity index (χ1n) is 11.8. The standard InChI is InChI=1S/C27H29N5O2/c1-5-7-13-21-22(19-11-9-8-10-12-19)31(20-16-14-18(6-2)15-17-20)26-28-24-23(32(21)26)25(33)30(4)27(34)29(24)3/h8-12,14-17H,5-7,13H2,1-4H3. The summed E-state index contributed by atoms with van der Waals surface area (Å²) in [4.78, 5) is 30.9. The number of fused-ring (bicyclic) bond motifs is 3. The Bertz CT molecular complexity index is 1620. The number of imidazole rings is 2. The van der Waals surface area contributed by atoms with Crippen molar-refractivity contribution in [2.24, 2.45) is 14.1 Å². The molecule has 0 N–H and O–H groups in total. The third kappa shape index (κ3) is 3.22. The lowest BCUT2D eigenvalue weighted by molar-refractivity contribution is 0.706. The normalized spacial score (nSPS) is 11.6. The number of unbranched alkanes of at least 4 members (excludes halogenated alkanes) is 1. The van der Waals surface area contributed by atoms with Gasteiger partial charge in [-0.3, -0.25) is 22.9 Å². The third-order valence-electron chi connectivity index (χ3n) is 6.62. The van der Waals surface area contributed by atoms with Crippen LogP contribution in [0.25, 0.3) is 33.9 Å². The summed E-state index contributed by atoms with van der Waals surface area (Å²) in [7, 11) is 3.19. The lowest BCUT2D eigenvalue weighted by atomic mass is 10.1. The molecule has 174 valence electrons. The Labute approximate surface area is 197 Å². The van der Waals surface area contributed by atoms with E-state index in [2.05, 4.69) is 54.8 Å². The summed E-state index contributed by atoms with van der Waals surface area (Å²) in [6.07, 6.45) is 3.74. The van der Waals surface area contributed by atoms with Gasteiger partial charge in [-0.25, -0.2) is 4.79 Å². The van der Waals surface area contributed by atoms with Crippen LogP contribution < -0.4 is 11.2 Å². The SMILES string of the molecule is CCCCc1c(-c2ccccc2)n(-c2ccc(CC)cc2)c2nc3c(c(=O)n(C)c(=O)n3C)n12. The Morgan fingerprint density at radius 1 is 0.882 bits per heavy atom. The van der Waals surface area contributed by atoms with Crippen molar-refractivity contribution in [2.75, 3.05) is 0 Å². The average molecular weight is 456 g/mol. The summed E-state index contributed by atoms with van der Waals surface area (Å²) >= 11 is 0. The van der Waals surface area contributed by atoms with E-state index in [0.29, 0.717) is 16.9 Å². The van der Waals surface area contributed by atoms with E-state index in [1.54, 1.807) is 7.05 Å². The maximum atomic E-state index is 13.4. The average Bonchev–Trinajstić information content (AvgIpc) is 3.40. The molecule has 3 aromatic heterocycles. The highest BCUT2D eigenvalue weighted by molar-refractivity contribution is 5.81. The predicted molar refractivity (Wildman–Crippen MR) is 136 cm³/mol. The first-order valence-corrected chi connectivity index (χ1v) is 11.8. The molecule has 2 aromatic carbocycles. The first kappa shape index (κ1) is 21.9. The van der Waals surface area contributed by atoms with Crippen molar-refractivity contribution in [1.29, 1.82) is 0 Å². The van der Waals surface area contributed by atoms with Crippen LogP contribution in [0.2, 0.25) is 0 Å². The topological polar surface area (TPSA) is 66.2 Å². The smallest absolute Gasteiger partial charge is 0.279 e. The lowest BCUT2D eigenvalue weighted by Gasteiger charge is -2.12. The van der Waals surface area contributed by atoms with Crippen molar-refractivity contribution in [3.63, 3.8) is 0 Å². The molecule has 0 aliphatic carbocycles. The van der Waals surface area contributed by atoms with Gasteiger partial charge in [-0.15, -0.1) is 0 Å². The first-order chi connectivity index (χ1) is 16.5. The highest BCUT2D eigenvalue weighted by Gasteiger charge is 2.26. The van der Waals surface area contributed by atoms with Gasteiger partial charge in [0.15, 0.2) is 11.2 Å². The summed E-state index contributed by atoms with van der Waals surface area (Å²) in [6.45, 7) is 4.30. The number of hydrogen-bond acceptors (Lipinski definition) is 3. The zero-order valence-corrected chi connectivity index (χ0v) is 20.1. The molecule has 0 atom stereocenters. The third-order valence-corrected chi connectivity index (χ3v) is 6.62. The van der Waals surface area contributed by atoms with Gasteiger partial charge < -0.3 is 0 Å². The number of aryl methyl sites for hydroxylation is 3. The van der Waals surface area contributed by atoms with E-state index in [-0.39, 0.29) is 11.2 Å². The maximum Gasteiger partial charge on any atom is 0.332 e. The second-order valence-corrected chi connectivity index (χ2v) is 8.75. The Kier molecular flexibility index (Phi) is 5.48. The second kappa shape index (κ2) is 8.48. The van der Waals surface area contributed by atoms with E-state index in [1.165, 1.54) is 17.2 Å². The highest BCUT2D eigenvalue weighted by Crippen LogP contribution is 2.34. The second-order valence-electron chi connectivity index (χ2n) is 8.75. The van der Waals surface area contributed by atoms with Crippen molar-refractivity contribution < 1.29 is 0 Å². The van der Waals surface area contributed by atoms with Crippen molar-refractivity contribution in [2.45, 2.75) is 39.5 Å². The Hall–Kier alpha value is -3.87. The van der Waals surface area contributed by atoms with E-state index in [1.807, 2.05) is 22.6 Å². The van der Waals surface area contributed by atoms with Crippen molar-refractivity contribution in [3.05, 3.63) is 86.7 Å². The van der Waals surface area contributed by atoms with Gasteiger partial charge in [0.1, 0.15) is 0 Å². The summed E-state index contributed by atoms with van der Waals surface area (Å²) in [6, 6.07) is 18.7. The predicted octanol–water partition coefficient (Wildman–Crippen LogP) is 4.25. The summed E-state index contributed by atoms with van der Waals surface area (Å²) in [5, 5.41) is 0. The van der Waals surface area contributed by atoms with Crippen molar-refractivity contribution in [1.82, 2.24) is 23.1 Å². The minimum Gasteiger partial charge on any atom is -0.279 e. The number of nitrogens with zero attached hydrogens (tertiary/aromatic N) is 5. The zero-order chi connectivity index (χ0) is 24.0. The van der Waals surface area contributed by atoms with Crippen LogP contribution in [0.15, 0.2) is 64.2 Å². The number of hydrogen-bond donors (Lipinski definition) is 0. The van der Waals surface area contributed by atoms with Crippen molar-refractivity contribution in [3.8, 4) is 16.9 Å². The minimum absolute atomic E-state index is 0.332. The summed E-state index contributed by atoms with van der Waals surface area (Å²) < 4.78 is 6.72. The van der Waals surface area contributed by atoms with E-state index in [4.69, 9.17) is 4.98 Å². The van der Waals surface area contributed by atoms with E-state index in [0.717, 1.165) is 52.9 Å². The zero-order valence-electron chi connectivity index (χ0n) is 20.1. The van der Waals surface area contributed by atoms with Gasteiger partial charge in [0.2, 0.25) is 5.78 Å². The number of rotatable bonds is 6. The van der Waals surface area contributed by atoms with Crippen LogP contribution in [0.5, 0.6) is 0 Å². The van der Waals surface area contributed by atoms with Crippen LogP contribution in [0.3, 0.4) is 0 Å². The molecular weight excluding hydrogens is 426 g/mol. The largest absolute Gasteiger partial charge is 0.332 e. The fourth-order valence-electron chi connectivity index (χ4n) is 4.72. The molecule has 0 aliphatic heterocycles. The number of aromatic nitrogens is 5. The molecule has 0 unspecified atom stereocenters. The summed E-state index contributed by atoms with van der Waals surface area (Å²) in [5.74, 6) is 0.641. The molecule has 0 aliphatic rings. The van der Waals surface area contributed by atoms with E-state index < -0.39 is 0 Å². The highest BCUT2D eigenvalue weighted by atomic mass is 16.2. The van der Waals surface area contributed by atoms with Crippen LogP contribution in [-0.2, 0) is 26.9 Å². The van der Waals surface area contributed by atoms with Crippen molar-refractivity contribution >= 4 is 16.9 Å². The minimum atomic E-state index is -0.379. The lowest BCUT2D eigenvalue weighted by Crippen LogP contribution is -2.37. The molecule has 5 rings (SSSR count). The number of benzene rings is 2. The Morgan fingerprint density at radius 3 is 2.24 bits per heavy atom. The van der Waals surface area contributed by atoms with Gasteiger partial charge in [0, 0.05) is 25.3 Å². The molecule has 34 heavy (non-hydrogen) atoms. The van der Waals surface area contributed by atoms with Crippen LogP contribution in [0.1, 0.15) is 37.9 Å². The molecule has 0 saturated heterocycles. The molecule has 3 heterocycles. The Balaban J connectivity index is 2.00. The fourth-order valence-corrected chi connectivity index (χ4v) is 4.72. The summed E-state index contributed by atoms with van der Waals surface area (Å²) in [5.41, 5.74) is 5.47. The van der Waals surface area contributed by atoms with Gasteiger partial charge in [0.25, 0.3) is 5.56 Å². The molecule has 0 fully saturated rings. The quantitative estimate of drug-likeness (QED) is 0.385. The van der Waals surface area contributed by atoms with Gasteiger partial charge in [-0.2, -0.15) is 4.98 Å².